The number of halogens is 1. The van der Waals surface area contributed by atoms with Crippen molar-refractivity contribution >= 4 is 0 Å². The predicted octanol–water partition coefficient (Wildman–Crippen LogP) is 3.09. The number of hydrogen-bond donors (Lipinski definition) is 2. The molecule has 0 spiro atoms. The van der Waals surface area contributed by atoms with Gasteiger partial charge < -0.3 is 10.6 Å². The first kappa shape index (κ1) is 14.3. The molecule has 2 N–H and O–H groups in total. The summed E-state index contributed by atoms with van der Waals surface area (Å²) >= 11 is 0. The van der Waals surface area contributed by atoms with Gasteiger partial charge in [0, 0.05) is 31.2 Å². The van der Waals surface area contributed by atoms with Crippen molar-refractivity contribution in [3.8, 4) is 0 Å². The largest absolute Gasteiger partial charge is 0.391 e. The maximum Gasteiger partial charge on any atom is 0.134 e. The lowest BCUT2D eigenvalue weighted by atomic mass is 9.81. The first-order valence-corrected chi connectivity index (χ1v) is 7.25. The van der Waals surface area contributed by atoms with E-state index in [-0.39, 0.29) is 12.0 Å². The minimum atomic E-state index is -0.824. The molecule has 0 saturated carbocycles. The lowest BCUT2D eigenvalue weighted by Crippen LogP contribution is -2.41. The van der Waals surface area contributed by atoms with E-state index in [1.54, 1.807) is 0 Å². The summed E-state index contributed by atoms with van der Waals surface area (Å²) in [5.41, 5.74) is 3.41. The van der Waals surface area contributed by atoms with Gasteiger partial charge in [-0.15, -0.1) is 0 Å². The van der Waals surface area contributed by atoms with E-state index >= 15 is 0 Å². The van der Waals surface area contributed by atoms with Crippen LogP contribution in [0.2, 0.25) is 0 Å². The Morgan fingerprint density at radius 2 is 1.89 bits per heavy atom. The van der Waals surface area contributed by atoms with Crippen LogP contribution >= 0.6 is 0 Å². The minimum absolute atomic E-state index is 0.213. The highest BCUT2D eigenvalue weighted by molar-refractivity contribution is 5.26. The Bertz CT molecular complexity index is 398. The molecule has 0 saturated heterocycles. The van der Waals surface area contributed by atoms with E-state index < -0.39 is 6.17 Å². The van der Waals surface area contributed by atoms with Crippen molar-refractivity contribution in [2.75, 3.05) is 13.6 Å². The second-order valence-electron chi connectivity index (χ2n) is 5.55. The molecule has 19 heavy (non-hydrogen) atoms. The molecule has 0 radical (unpaired) electrons. The molecule has 3 unspecified atom stereocenters. The van der Waals surface area contributed by atoms with E-state index in [2.05, 4.69) is 30.2 Å². The number of rotatable bonds is 8. The van der Waals surface area contributed by atoms with Crippen LogP contribution in [0.4, 0.5) is 4.39 Å². The van der Waals surface area contributed by atoms with Gasteiger partial charge in [0.25, 0.3) is 0 Å². The molecule has 0 bridgehead atoms. The van der Waals surface area contributed by atoms with Crippen molar-refractivity contribution in [2.24, 2.45) is 5.92 Å². The Labute approximate surface area is 115 Å². The Balaban J connectivity index is 1.88. The van der Waals surface area contributed by atoms with E-state index in [0.717, 1.165) is 37.0 Å². The maximum absolute atomic E-state index is 13.9. The summed E-state index contributed by atoms with van der Waals surface area (Å²) < 4.78 is 13.9. The monoisotopic (exact) mass is 264 g/mol. The molecule has 0 aromatic carbocycles. The molecule has 0 amide bonds. The normalized spacial score (nSPS) is 22.3. The number of hydrogen-bond acceptors (Lipinski definition) is 2. The van der Waals surface area contributed by atoms with Crippen molar-refractivity contribution in [3.05, 3.63) is 35.6 Å². The molecule has 3 atom stereocenters. The fraction of sp³-hybridized carbons (Fsp3) is 0.625. The topological polar surface area (TPSA) is 24.1 Å². The molecule has 2 aliphatic carbocycles. The summed E-state index contributed by atoms with van der Waals surface area (Å²) in [4.78, 5) is 0. The summed E-state index contributed by atoms with van der Waals surface area (Å²) in [5, 5.41) is 6.49. The van der Waals surface area contributed by atoms with Crippen LogP contribution < -0.4 is 10.6 Å². The summed E-state index contributed by atoms with van der Waals surface area (Å²) in [6, 6.07) is 0.213. The third-order valence-electron chi connectivity index (χ3n) is 4.30. The fourth-order valence-electron chi connectivity index (χ4n) is 2.73. The zero-order valence-electron chi connectivity index (χ0n) is 12.0. The van der Waals surface area contributed by atoms with E-state index in [0.29, 0.717) is 6.54 Å². The van der Waals surface area contributed by atoms with E-state index in [4.69, 9.17) is 0 Å². The van der Waals surface area contributed by atoms with Gasteiger partial charge >= 0.3 is 0 Å². The lowest BCUT2D eigenvalue weighted by molar-refractivity contribution is 0.319. The first-order chi connectivity index (χ1) is 9.13. The van der Waals surface area contributed by atoms with Gasteiger partial charge in [0.1, 0.15) is 6.17 Å². The third kappa shape index (κ3) is 3.27. The molecule has 0 heterocycles. The van der Waals surface area contributed by atoms with Crippen LogP contribution in [0, 0.1) is 5.92 Å². The van der Waals surface area contributed by atoms with E-state index in [1.807, 2.05) is 13.1 Å². The molecule has 2 rings (SSSR count). The van der Waals surface area contributed by atoms with Crippen LogP contribution in [-0.4, -0.2) is 25.8 Å². The molecule has 0 aromatic heterocycles. The number of alkyl halides is 1. The highest BCUT2D eigenvalue weighted by atomic mass is 19.1. The Morgan fingerprint density at radius 3 is 2.32 bits per heavy atom. The van der Waals surface area contributed by atoms with Crippen LogP contribution in [0.25, 0.3) is 0 Å². The molecule has 2 nitrogen and oxygen atoms in total. The number of allylic oxidation sites excluding steroid dienone is 2. The molecule has 2 aliphatic rings. The van der Waals surface area contributed by atoms with Gasteiger partial charge in [-0.05, 0) is 38.2 Å². The van der Waals surface area contributed by atoms with Gasteiger partial charge in [0.15, 0.2) is 0 Å². The van der Waals surface area contributed by atoms with Crippen molar-refractivity contribution < 1.29 is 4.39 Å². The second-order valence-corrected chi connectivity index (χ2v) is 5.55. The van der Waals surface area contributed by atoms with Gasteiger partial charge in [-0.3, -0.25) is 0 Å². The van der Waals surface area contributed by atoms with E-state index in [9.17, 15) is 4.39 Å². The first-order valence-electron chi connectivity index (χ1n) is 7.25. The highest BCUT2D eigenvalue weighted by Crippen LogP contribution is 2.32. The molecule has 0 aromatic rings. The average molecular weight is 264 g/mol. The highest BCUT2D eigenvalue weighted by Gasteiger charge is 2.27. The predicted molar refractivity (Wildman–Crippen MR) is 78.7 cm³/mol. The summed E-state index contributed by atoms with van der Waals surface area (Å²) in [5.74, 6) is 0.279. The molecule has 0 aliphatic heterocycles. The summed E-state index contributed by atoms with van der Waals surface area (Å²) in [6.07, 6.45) is 7.72. The Kier molecular flexibility index (Phi) is 4.81. The molecular weight excluding hydrogens is 239 g/mol. The lowest BCUT2D eigenvalue weighted by Gasteiger charge is -2.33. The smallest absolute Gasteiger partial charge is 0.134 e. The van der Waals surface area contributed by atoms with Crippen molar-refractivity contribution in [1.82, 2.24) is 10.6 Å². The van der Waals surface area contributed by atoms with Crippen LogP contribution in [0.1, 0.15) is 32.6 Å². The van der Waals surface area contributed by atoms with Crippen LogP contribution in [0.3, 0.4) is 0 Å². The average Bonchev–Trinajstić information content (AvgIpc) is 2.27. The van der Waals surface area contributed by atoms with Crippen molar-refractivity contribution in [1.29, 1.82) is 0 Å². The Hall–Kier alpha value is -1.09. The zero-order chi connectivity index (χ0) is 13.8. The van der Waals surface area contributed by atoms with Gasteiger partial charge in [-0.2, -0.15) is 0 Å². The van der Waals surface area contributed by atoms with Crippen LogP contribution in [-0.2, 0) is 0 Å². The standard InChI is InChI=1S/C16H25FN2/c1-11(18-3)16(14-8-5-9-14)12(2)19-10-15(17)13-6-4-7-13/h6,8,12,15-16,18-19H,1,4-5,7,9-10H2,2-3H3. The summed E-state index contributed by atoms with van der Waals surface area (Å²) in [7, 11) is 1.90. The van der Waals surface area contributed by atoms with Crippen LogP contribution in [0.5, 0.6) is 0 Å². The maximum atomic E-state index is 13.9. The SMILES string of the molecule is C=C(NC)C(C1=CCC1)C(C)NCC(F)C1=CCC1. The second kappa shape index (κ2) is 6.38. The summed E-state index contributed by atoms with van der Waals surface area (Å²) in [6.45, 7) is 6.62. The molecule has 106 valence electrons. The van der Waals surface area contributed by atoms with Gasteiger partial charge in [0.2, 0.25) is 0 Å². The van der Waals surface area contributed by atoms with E-state index in [1.165, 1.54) is 5.57 Å². The van der Waals surface area contributed by atoms with Gasteiger partial charge in [0.05, 0.1) is 0 Å². The van der Waals surface area contributed by atoms with Crippen LogP contribution in [0.15, 0.2) is 35.6 Å². The Morgan fingerprint density at radius 1 is 1.32 bits per heavy atom. The minimum Gasteiger partial charge on any atom is -0.391 e. The zero-order valence-corrected chi connectivity index (χ0v) is 12.0. The number of nitrogens with one attached hydrogen (secondary N) is 2. The molecule has 0 fully saturated rings. The van der Waals surface area contributed by atoms with Crippen molar-refractivity contribution in [2.45, 2.75) is 44.8 Å². The van der Waals surface area contributed by atoms with Gasteiger partial charge in [-0.25, -0.2) is 4.39 Å². The molecular formula is C16H25FN2. The van der Waals surface area contributed by atoms with Gasteiger partial charge in [-0.1, -0.05) is 24.3 Å². The molecule has 3 heteroatoms. The quantitative estimate of drug-likeness (QED) is 0.658. The third-order valence-corrected chi connectivity index (χ3v) is 4.30. The fourth-order valence-corrected chi connectivity index (χ4v) is 2.73. The van der Waals surface area contributed by atoms with Crippen molar-refractivity contribution in [3.63, 3.8) is 0 Å².